The van der Waals surface area contributed by atoms with E-state index in [0.29, 0.717) is 35.1 Å². The van der Waals surface area contributed by atoms with Crippen molar-refractivity contribution in [1.82, 2.24) is 4.90 Å². The molecule has 0 radical (unpaired) electrons. The molecule has 2 aliphatic rings. The molecule has 0 bridgehead atoms. The number of carbonyl (C=O) groups is 2. The van der Waals surface area contributed by atoms with Crippen LogP contribution in [0.15, 0.2) is 47.4 Å². The number of primary sulfonamides is 1. The summed E-state index contributed by atoms with van der Waals surface area (Å²) >= 11 is 6.13. The van der Waals surface area contributed by atoms with E-state index in [1.807, 2.05) is 0 Å². The average molecular weight is 478 g/mol. The molecule has 1 heterocycles. The number of anilines is 1. The molecule has 32 heavy (non-hydrogen) atoms. The van der Waals surface area contributed by atoms with E-state index in [2.05, 4.69) is 5.32 Å². The Bertz CT molecular complexity index is 1160. The monoisotopic (exact) mass is 477 g/mol. The summed E-state index contributed by atoms with van der Waals surface area (Å²) in [6, 6.07) is 10.7. The maximum absolute atomic E-state index is 12.8. The van der Waals surface area contributed by atoms with Crippen LogP contribution in [-0.2, 0) is 14.8 Å². The van der Waals surface area contributed by atoms with Crippen LogP contribution in [0, 0.1) is 11.3 Å². The average Bonchev–Trinajstić information content (AvgIpc) is 3.47. The molecule has 0 aromatic heterocycles. The first kappa shape index (κ1) is 22.6. The topological polar surface area (TPSA) is 119 Å². The highest BCUT2D eigenvalue weighted by atomic mass is 35.5. The minimum atomic E-state index is -3.80. The Labute approximate surface area is 191 Å². The molecule has 1 saturated carbocycles. The van der Waals surface area contributed by atoms with E-state index in [1.165, 1.54) is 31.4 Å². The third-order valence-corrected chi connectivity index (χ3v) is 7.63. The highest BCUT2D eigenvalue weighted by Gasteiger charge is 2.58. The van der Waals surface area contributed by atoms with E-state index in [-0.39, 0.29) is 28.0 Å². The second-order valence-corrected chi connectivity index (χ2v) is 10.3. The predicted molar refractivity (Wildman–Crippen MR) is 120 cm³/mol. The number of methoxy groups -OCH3 is 1. The maximum atomic E-state index is 12.8. The third-order valence-electron chi connectivity index (χ3n) is 6.40. The van der Waals surface area contributed by atoms with Crippen molar-refractivity contribution >= 4 is 39.1 Å². The van der Waals surface area contributed by atoms with E-state index in [1.54, 1.807) is 23.1 Å². The number of hydrogen-bond donors (Lipinski definition) is 2. The number of carbonyl (C=O) groups excluding carboxylic acids is 2. The smallest absolute Gasteiger partial charge is 0.253 e. The number of nitrogens with one attached hydrogen (secondary N) is 1. The molecule has 1 saturated heterocycles. The van der Waals surface area contributed by atoms with Crippen LogP contribution in [0.5, 0.6) is 5.75 Å². The van der Waals surface area contributed by atoms with Crippen molar-refractivity contribution in [3.8, 4) is 5.75 Å². The lowest BCUT2D eigenvalue weighted by molar-refractivity contribution is -0.118. The standard InChI is InChI=1S/C22H24ClN3O5S/c1-31-19-7-4-15(12-18(19)23)25-20(27)17-13-22(17)8-10-26(11-9-22)21(28)14-2-5-16(6-3-14)32(24,29)30/h2-7,12,17H,8-11,13H2,1H3,(H,25,27)(H2,24,29,30). The molecule has 2 aromatic carbocycles. The van der Waals surface area contributed by atoms with E-state index in [9.17, 15) is 18.0 Å². The summed E-state index contributed by atoms with van der Waals surface area (Å²) in [6.07, 6.45) is 2.29. The molecule has 4 rings (SSSR count). The summed E-state index contributed by atoms with van der Waals surface area (Å²) in [7, 11) is -2.26. The molecule has 2 amide bonds. The van der Waals surface area contributed by atoms with Crippen LogP contribution >= 0.6 is 11.6 Å². The Morgan fingerprint density at radius 3 is 2.38 bits per heavy atom. The van der Waals surface area contributed by atoms with Crippen LogP contribution in [0.1, 0.15) is 29.6 Å². The van der Waals surface area contributed by atoms with Gasteiger partial charge in [-0.2, -0.15) is 0 Å². The highest BCUT2D eigenvalue weighted by molar-refractivity contribution is 7.89. The van der Waals surface area contributed by atoms with Crippen LogP contribution in [-0.4, -0.2) is 45.3 Å². The number of nitrogens with two attached hydrogens (primary N) is 1. The van der Waals surface area contributed by atoms with Crippen LogP contribution in [0.3, 0.4) is 0 Å². The van der Waals surface area contributed by atoms with Crippen molar-refractivity contribution < 1.29 is 22.7 Å². The molecule has 1 spiro atoms. The van der Waals surface area contributed by atoms with E-state index >= 15 is 0 Å². The van der Waals surface area contributed by atoms with Crippen LogP contribution in [0.25, 0.3) is 0 Å². The van der Waals surface area contributed by atoms with Gasteiger partial charge in [0.05, 0.1) is 17.0 Å². The number of halogens is 1. The van der Waals surface area contributed by atoms with Crippen LogP contribution < -0.4 is 15.2 Å². The zero-order valence-corrected chi connectivity index (χ0v) is 19.1. The Morgan fingerprint density at radius 2 is 1.81 bits per heavy atom. The van der Waals surface area contributed by atoms with Crippen molar-refractivity contribution in [3.05, 3.63) is 53.1 Å². The summed E-state index contributed by atoms with van der Waals surface area (Å²) in [5.41, 5.74) is 0.961. The first-order valence-corrected chi connectivity index (χ1v) is 12.1. The lowest BCUT2D eigenvalue weighted by Gasteiger charge is -2.33. The fourth-order valence-corrected chi connectivity index (χ4v) is 5.14. The van der Waals surface area contributed by atoms with Gasteiger partial charge < -0.3 is 15.0 Å². The fourth-order valence-electron chi connectivity index (χ4n) is 4.37. The molecule has 2 fully saturated rings. The van der Waals surface area contributed by atoms with Crippen molar-refractivity contribution in [2.75, 3.05) is 25.5 Å². The molecule has 170 valence electrons. The number of likely N-dealkylation sites (tertiary alicyclic amines) is 1. The largest absolute Gasteiger partial charge is 0.495 e. The third kappa shape index (κ3) is 4.46. The number of nitrogens with zero attached hydrogens (tertiary/aromatic N) is 1. The first-order valence-electron chi connectivity index (χ1n) is 10.2. The predicted octanol–water partition coefficient (Wildman–Crippen LogP) is 2.88. The quantitative estimate of drug-likeness (QED) is 0.686. The van der Waals surface area contributed by atoms with Gasteiger partial charge in [-0.15, -0.1) is 0 Å². The summed E-state index contributed by atoms with van der Waals surface area (Å²) in [6.45, 7) is 1.10. The van der Waals surface area contributed by atoms with Gasteiger partial charge in [0, 0.05) is 30.3 Å². The van der Waals surface area contributed by atoms with E-state index < -0.39 is 10.0 Å². The van der Waals surface area contributed by atoms with Gasteiger partial charge in [-0.1, -0.05) is 11.6 Å². The summed E-state index contributed by atoms with van der Waals surface area (Å²) in [4.78, 5) is 27.2. The normalized spacial score (nSPS) is 19.5. The van der Waals surface area contributed by atoms with Gasteiger partial charge in [0.25, 0.3) is 5.91 Å². The van der Waals surface area contributed by atoms with Gasteiger partial charge in [-0.3, -0.25) is 9.59 Å². The summed E-state index contributed by atoms with van der Waals surface area (Å²) < 4.78 is 27.9. The van der Waals surface area contributed by atoms with Crippen molar-refractivity contribution in [2.24, 2.45) is 16.5 Å². The molecule has 8 nitrogen and oxygen atoms in total. The molecular formula is C22H24ClN3O5S. The second-order valence-electron chi connectivity index (χ2n) is 8.32. The molecular weight excluding hydrogens is 454 g/mol. The number of amides is 2. The van der Waals surface area contributed by atoms with Crippen molar-refractivity contribution in [2.45, 2.75) is 24.2 Å². The number of ether oxygens (including phenoxy) is 1. The number of hydrogen-bond acceptors (Lipinski definition) is 5. The van der Waals surface area contributed by atoms with E-state index in [0.717, 1.165) is 19.3 Å². The molecule has 2 aromatic rings. The maximum Gasteiger partial charge on any atom is 0.253 e. The first-order chi connectivity index (χ1) is 15.1. The second kappa shape index (κ2) is 8.38. The van der Waals surface area contributed by atoms with Gasteiger partial charge in [0.15, 0.2) is 0 Å². The van der Waals surface area contributed by atoms with Crippen LogP contribution in [0.4, 0.5) is 5.69 Å². The SMILES string of the molecule is COc1ccc(NC(=O)C2CC23CCN(C(=O)c2ccc(S(N)(=O)=O)cc2)CC3)cc1Cl. The molecule has 10 heteroatoms. The van der Waals surface area contributed by atoms with E-state index in [4.69, 9.17) is 21.5 Å². The Kier molecular flexibility index (Phi) is 5.91. The number of piperidine rings is 1. The molecule has 1 atom stereocenters. The lowest BCUT2D eigenvalue weighted by Crippen LogP contribution is -2.40. The van der Waals surface area contributed by atoms with Crippen molar-refractivity contribution in [1.29, 1.82) is 0 Å². The van der Waals surface area contributed by atoms with Crippen molar-refractivity contribution in [3.63, 3.8) is 0 Å². The zero-order valence-electron chi connectivity index (χ0n) is 17.5. The molecule has 1 aliphatic heterocycles. The lowest BCUT2D eigenvalue weighted by atomic mass is 9.90. The van der Waals surface area contributed by atoms with Gasteiger partial charge in [-0.05, 0) is 67.1 Å². The van der Waals surface area contributed by atoms with Gasteiger partial charge in [-0.25, -0.2) is 13.6 Å². The molecule has 1 unspecified atom stereocenters. The Hall–Kier alpha value is -2.62. The highest BCUT2D eigenvalue weighted by Crippen LogP contribution is 2.59. The summed E-state index contributed by atoms with van der Waals surface area (Å²) in [5, 5.41) is 8.46. The minimum absolute atomic E-state index is 0.0309. The van der Waals surface area contributed by atoms with Gasteiger partial charge in [0.1, 0.15) is 5.75 Å². The number of rotatable bonds is 5. The van der Waals surface area contributed by atoms with Gasteiger partial charge >= 0.3 is 0 Å². The molecule has 1 aliphatic carbocycles. The number of benzene rings is 2. The molecule has 3 N–H and O–H groups in total. The Balaban J connectivity index is 1.33. The zero-order chi connectivity index (χ0) is 23.1. The number of sulfonamides is 1. The van der Waals surface area contributed by atoms with Crippen LogP contribution in [0.2, 0.25) is 5.02 Å². The van der Waals surface area contributed by atoms with Gasteiger partial charge in [0.2, 0.25) is 15.9 Å². The Morgan fingerprint density at radius 1 is 1.16 bits per heavy atom. The fraction of sp³-hybridized carbons (Fsp3) is 0.364. The minimum Gasteiger partial charge on any atom is -0.495 e. The summed E-state index contributed by atoms with van der Waals surface area (Å²) in [5.74, 6) is 0.263.